The molecule has 0 fully saturated rings. The van der Waals surface area contributed by atoms with E-state index in [0.29, 0.717) is 5.69 Å². The summed E-state index contributed by atoms with van der Waals surface area (Å²) in [5.41, 5.74) is 7.75. The van der Waals surface area contributed by atoms with E-state index < -0.39 is 0 Å². The Morgan fingerprint density at radius 2 is 2.00 bits per heavy atom. The lowest BCUT2D eigenvalue weighted by atomic mass is 9.93. The van der Waals surface area contributed by atoms with Crippen LogP contribution in [0.2, 0.25) is 0 Å². The first kappa shape index (κ1) is 13.8. The molecule has 0 saturated carbocycles. The van der Waals surface area contributed by atoms with Gasteiger partial charge in [0.15, 0.2) is 0 Å². The summed E-state index contributed by atoms with van der Waals surface area (Å²) in [6.45, 7) is 8.30. The largest absolute Gasteiger partial charge is 0.396 e. The van der Waals surface area contributed by atoms with Crippen LogP contribution in [0, 0.1) is 12.3 Å². The van der Waals surface area contributed by atoms with E-state index in [4.69, 9.17) is 5.73 Å². The molecular weight excluding hydrogens is 212 g/mol. The zero-order valence-electron chi connectivity index (χ0n) is 11.5. The number of hydrogen-bond donors (Lipinski definition) is 2. The van der Waals surface area contributed by atoms with Crippen LogP contribution in [0.5, 0.6) is 0 Å². The number of anilines is 2. The summed E-state index contributed by atoms with van der Waals surface area (Å²) in [5.74, 6) is 0.789. The Kier molecular flexibility index (Phi) is 4.34. The maximum Gasteiger partial charge on any atom is 0.149 e. The van der Waals surface area contributed by atoms with E-state index in [1.54, 1.807) is 0 Å². The van der Waals surface area contributed by atoms with Crippen LogP contribution in [-0.2, 0) is 0 Å². The minimum atomic E-state index is 0.182. The van der Waals surface area contributed by atoms with Gasteiger partial charge in [-0.25, -0.2) is 4.98 Å². The molecule has 0 amide bonds. The number of hydrogen-bond acceptors (Lipinski definition) is 4. The van der Waals surface area contributed by atoms with Gasteiger partial charge in [-0.2, -0.15) is 0 Å². The Morgan fingerprint density at radius 1 is 1.35 bits per heavy atom. The predicted molar refractivity (Wildman–Crippen MR) is 74.2 cm³/mol. The lowest BCUT2D eigenvalue weighted by Gasteiger charge is -2.28. The van der Waals surface area contributed by atoms with Crippen LogP contribution in [0.4, 0.5) is 11.5 Å². The lowest BCUT2D eigenvalue weighted by Crippen LogP contribution is -2.34. The lowest BCUT2D eigenvalue weighted by molar-refractivity contribution is 0.254. The summed E-state index contributed by atoms with van der Waals surface area (Å²) < 4.78 is 0. The second kappa shape index (κ2) is 5.36. The number of nitrogens with one attached hydrogen (secondary N) is 1. The monoisotopic (exact) mass is 236 g/mol. The molecule has 1 rings (SSSR count). The number of nitrogens with two attached hydrogens (primary N) is 1. The van der Waals surface area contributed by atoms with Gasteiger partial charge in [-0.3, -0.25) is 0 Å². The van der Waals surface area contributed by atoms with Crippen molar-refractivity contribution in [2.75, 3.05) is 38.2 Å². The molecule has 17 heavy (non-hydrogen) atoms. The molecule has 1 aromatic rings. The summed E-state index contributed by atoms with van der Waals surface area (Å²) >= 11 is 0. The summed E-state index contributed by atoms with van der Waals surface area (Å²) in [5, 5.41) is 3.34. The van der Waals surface area contributed by atoms with Crippen molar-refractivity contribution in [1.29, 1.82) is 0 Å². The molecule has 3 N–H and O–H groups in total. The molecule has 1 aromatic heterocycles. The Balaban J connectivity index is 2.63. The molecule has 0 aromatic carbocycles. The van der Waals surface area contributed by atoms with Crippen molar-refractivity contribution in [2.45, 2.75) is 20.8 Å². The molecule has 1 heterocycles. The van der Waals surface area contributed by atoms with Gasteiger partial charge >= 0.3 is 0 Å². The van der Waals surface area contributed by atoms with Crippen molar-refractivity contribution >= 4 is 11.5 Å². The quantitative estimate of drug-likeness (QED) is 0.820. The van der Waals surface area contributed by atoms with Crippen molar-refractivity contribution in [3.8, 4) is 0 Å². The summed E-state index contributed by atoms with van der Waals surface area (Å²) in [4.78, 5) is 6.59. The van der Waals surface area contributed by atoms with Crippen molar-refractivity contribution in [3.63, 3.8) is 0 Å². The molecule has 0 atom stereocenters. The van der Waals surface area contributed by atoms with Gasteiger partial charge < -0.3 is 16.0 Å². The van der Waals surface area contributed by atoms with Crippen LogP contribution in [0.25, 0.3) is 0 Å². The number of nitrogen functional groups attached to an aromatic ring is 1. The number of rotatable bonds is 5. The standard InChI is InChI=1S/C13H24N4/c1-10-6-7-11(14)12(16-10)15-8-13(2,3)9-17(4)5/h6-7H,8-9,14H2,1-5H3,(H,15,16). The van der Waals surface area contributed by atoms with Crippen molar-refractivity contribution < 1.29 is 0 Å². The van der Waals surface area contributed by atoms with Gasteiger partial charge in [0.25, 0.3) is 0 Å². The van der Waals surface area contributed by atoms with Crippen LogP contribution >= 0.6 is 0 Å². The average Bonchev–Trinajstić information content (AvgIpc) is 2.17. The highest BCUT2D eigenvalue weighted by Crippen LogP contribution is 2.20. The third-order valence-electron chi connectivity index (χ3n) is 2.54. The normalized spacial score (nSPS) is 11.9. The van der Waals surface area contributed by atoms with Gasteiger partial charge in [-0.1, -0.05) is 13.8 Å². The molecule has 0 bridgehead atoms. The van der Waals surface area contributed by atoms with Crippen LogP contribution < -0.4 is 11.1 Å². The van der Waals surface area contributed by atoms with E-state index in [-0.39, 0.29) is 5.41 Å². The fourth-order valence-corrected chi connectivity index (χ4v) is 1.94. The van der Waals surface area contributed by atoms with Gasteiger partial charge in [0.1, 0.15) is 5.82 Å². The maximum absolute atomic E-state index is 5.88. The molecule has 0 radical (unpaired) electrons. The number of aromatic nitrogens is 1. The Morgan fingerprint density at radius 3 is 2.59 bits per heavy atom. The smallest absolute Gasteiger partial charge is 0.149 e. The molecule has 96 valence electrons. The molecule has 0 aliphatic carbocycles. The Hall–Kier alpha value is -1.29. The highest BCUT2D eigenvalue weighted by Gasteiger charge is 2.19. The molecule has 0 unspecified atom stereocenters. The predicted octanol–water partition coefficient (Wildman–Crippen LogP) is 1.97. The third kappa shape index (κ3) is 4.61. The SMILES string of the molecule is Cc1ccc(N)c(NCC(C)(C)CN(C)C)n1. The topological polar surface area (TPSA) is 54.2 Å². The van der Waals surface area contributed by atoms with Crippen molar-refractivity contribution in [3.05, 3.63) is 17.8 Å². The minimum absolute atomic E-state index is 0.182. The van der Waals surface area contributed by atoms with Crippen LogP contribution in [-0.4, -0.2) is 37.1 Å². The van der Waals surface area contributed by atoms with Crippen molar-refractivity contribution in [1.82, 2.24) is 9.88 Å². The van der Waals surface area contributed by atoms with E-state index in [1.165, 1.54) is 0 Å². The zero-order chi connectivity index (χ0) is 13.1. The third-order valence-corrected chi connectivity index (χ3v) is 2.54. The first-order valence-corrected chi connectivity index (χ1v) is 5.92. The summed E-state index contributed by atoms with van der Waals surface area (Å²) in [7, 11) is 4.17. The van der Waals surface area contributed by atoms with Crippen LogP contribution in [0.1, 0.15) is 19.5 Å². The van der Waals surface area contributed by atoms with E-state index in [9.17, 15) is 0 Å². The van der Waals surface area contributed by atoms with Crippen LogP contribution in [0.3, 0.4) is 0 Å². The van der Waals surface area contributed by atoms with Crippen LogP contribution in [0.15, 0.2) is 12.1 Å². The maximum atomic E-state index is 5.88. The highest BCUT2D eigenvalue weighted by molar-refractivity contribution is 5.61. The van der Waals surface area contributed by atoms with Gasteiger partial charge in [-0.05, 0) is 38.6 Å². The van der Waals surface area contributed by atoms with E-state index in [2.05, 4.69) is 43.1 Å². The van der Waals surface area contributed by atoms with Gasteiger partial charge in [-0.15, -0.1) is 0 Å². The van der Waals surface area contributed by atoms with Crippen molar-refractivity contribution in [2.24, 2.45) is 5.41 Å². The van der Waals surface area contributed by atoms with E-state index >= 15 is 0 Å². The molecule has 0 spiro atoms. The minimum Gasteiger partial charge on any atom is -0.396 e. The van der Waals surface area contributed by atoms with Gasteiger partial charge in [0, 0.05) is 18.8 Å². The van der Waals surface area contributed by atoms with E-state index in [0.717, 1.165) is 24.6 Å². The molecule has 0 aliphatic rings. The van der Waals surface area contributed by atoms with Gasteiger partial charge in [0.2, 0.25) is 0 Å². The summed E-state index contributed by atoms with van der Waals surface area (Å²) in [6, 6.07) is 3.81. The molecule has 4 heteroatoms. The second-order valence-corrected chi connectivity index (χ2v) is 5.65. The first-order valence-electron chi connectivity index (χ1n) is 5.92. The first-order chi connectivity index (χ1) is 7.80. The number of nitrogens with zero attached hydrogens (tertiary/aromatic N) is 2. The highest BCUT2D eigenvalue weighted by atomic mass is 15.1. The second-order valence-electron chi connectivity index (χ2n) is 5.65. The molecule has 0 saturated heterocycles. The Bertz CT molecular complexity index is 372. The molecule has 0 aliphatic heterocycles. The Labute approximate surface area is 104 Å². The fraction of sp³-hybridized carbons (Fsp3) is 0.615. The molecule has 4 nitrogen and oxygen atoms in total. The van der Waals surface area contributed by atoms with Gasteiger partial charge in [0.05, 0.1) is 5.69 Å². The zero-order valence-corrected chi connectivity index (χ0v) is 11.5. The average molecular weight is 236 g/mol. The van der Waals surface area contributed by atoms with E-state index in [1.807, 2.05) is 19.1 Å². The number of pyridine rings is 1. The summed E-state index contributed by atoms with van der Waals surface area (Å²) in [6.07, 6.45) is 0. The number of aryl methyl sites for hydroxylation is 1. The fourth-order valence-electron chi connectivity index (χ4n) is 1.94. The molecular formula is C13H24N4.